The van der Waals surface area contributed by atoms with Crippen LogP contribution in [-0.2, 0) is 0 Å². The average molecular weight is 541 g/mol. The Morgan fingerprint density at radius 1 is 1.00 bits per heavy atom. The maximum atomic E-state index is 4.66. The number of aromatic amines is 2. The summed E-state index contributed by atoms with van der Waals surface area (Å²) >= 11 is 1.77. The number of hydrogen-bond donors (Lipinski definition) is 3. The SMILES string of the molecule is C=C/C(=C\C(=C/C)c1cnc2n[nH]c(-c3cc4c(-c5ccc(C)s5)cncc4[nH]3)c2c1)NC(=C)c1ccccc1. The number of thiophene rings is 1. The largest absolute Gasteiger partial charge is 0.356 e. The Morgan fingerprint density at radius 3 is 2.60 bits per heavy atom. The maximum Gasteiger partial charge on any atom is 0.181 e. The minimum atomic E-state index is 0.656. The highest BCUT2D eigenvalue weighted by atomic mass is 32.1. The Labute approximate surface area is 236 Å². The van der Waals surface area contributed by atoms with Crippen molar-refractivity contribution in [3.05, 3.63) is 126 Å². The predicted octanol–water partition coefficient (Wildman–Crippen LogP) is 8.27. The molecule has 0 radical (unpaired) electrons. The molecule has 0 saturated carbocycles. The number of pyridine rings is 2. The summed E-state index contributed by atoms with van der Waals surface area (Å²) in [5, 5.41) is 13.1. The molecule has 5 heterocycles. The molecular formula is C33H28N6S. The number of allylic oxidation sites excluding steroid dienone is 4. The molecule has 0 fully saturated rings. The van der Waals surface area contributed by atoms with Gasteiger partial charge in [0.05, 0.1) is 23.1 Å². The van der Waals surface area contributed by atoms with Crippen LogP contribution in [0.2, 0.25) is 0 Å². The number of nitrogens with zero attached hydrogens (tertiary/aromatic N) is 3. The second kappa shape index (κ2) is 10.6. The highest BCUT2D eigenvalue weighted by Crippen LogP contribution is 2.36. The third-order valence-corrected chi connectivity index (χ3v) is 7.86. The van der Waals surface area contributed by atoms with Gasteiger partial charge in [-0.15, -0.1) is 11.3 Å². The van der Waals surface area contributed by atoms with Gasteiger partial charge in [-0.1, -0.05) is 49.6 Å². The summed E-state index contributed by atoms with van der Waals surface area (Å²) in [6.07, 6.45) is 11.5. The molecule has 6 rings (SSSR count). The van der Waals surface area contributed by atoms with E-state index in [9.17, 15) is 0 Å². The number of H-pyrrole nitrogens is 2. The van der Waals surface area contributed by atoms with E-state index in [-0.39, 0.29) is 0 Å². The summed E-state index contributed by atoms with van der Waals surface area (Å²) in [7, 11) is 0. The summed E-state index contributed by atoms with van der Waals surface area (Å²) in [5.74, 6) is 0. The second-order valence-electron chi connectivity index (χ2n) is 9.45. The van der Waals surface area contributed by atoms with Crippen molar-refractivity contribution in [1.29, 1.82) is 0 Å². The summed E-state index contributed by atoms with van der Waals surface area (Å²) < 4.78 is 0. The zero-order valence-corrected chi connectivity index (χ0v) is 23.1. The van der Waals surface area contributed by atoms with Crippen molar-refractivity contribution in [1.82, 2.24) is 30.5 Å². The van der Waals surface area contributed by atoms with E-state index in [4.69, 9.17) is 0 Å². The smallest absolute Gasteiger partial charge is 0.181 e. The van der Waals surface area contributed by atoms with Gasteiger partial charge < -0.3 is 10.3 Å². The Morgan fingerprint density at radius 2 is 1.85 bits per heavy atom. The molecule has 0 aliphatic rings. The van der Waals surface area contributed by atoms with Gasteiger partial charge in [-0.2, -0.15) is 5.10 Å². The molecule has 0 saturated heterocycles. The predicted molar refractivity (Wildman–Crippen MR) is 168 cm³/mol. The molecule has 6 nitrogen and oxygen atoms in total. The standard InChI is InChI=1S/C33H28N6S/c1-5-22(14-25(6-2)36-21(4)23-10-8-7-9-11-23)24-15-27-32(38-39-33(27)35-17-24)29-16-26-28(18-34-19-30(26)37-29)31-13-12-20(3)40-31/h5-19,36-37H,2,4H2,1,3H3,(H,35,38,39)/b22-5+,25-14+. The van der Waals surface area contributed by atoms with Gasteiger partial charge in [0, 0.05) is 55.4 Å². The van der Waals surface area contributed by atoms with Crippen molar-refractivity contribution < 1.29 is 0 Å². The maximum absolute atomic E-state index is 4.66. The number of aryl methyl sites for hydroxylation is 1. The van der Waals surface area contributed by atoms with Gasteiger partial charge in [-0.3, -0.25) is 10.1 Å². The number of benzene rings is 1. The minimum Gasteiger partial charge on any atom is -0.356 e. The van der Waals surface area contributed by atoms with Crippen LogP contribution in [0.4, 0.5) is 0 Å². The second-order valence-corrected chi connectivity index (χ2v) is 10.7. The van der Waals surface area contributed by atoms with Gasteiger partial charge >= 0.3 is 0 Å². The summed E-state index contributed by atoms with van der Waals surface area (Å²) in [6, 6.07) is 18.6. The summed E-state index contributed by atoms with van der Waals surface area (Å²) in [6.45, 7) is 12.3. The fourth-order valence-corrected chi connectivity index (χ4v) is 5.65. The molecule has 0 aliphatic carbocycles. The van der Waals surface area contributed by atoms with Crippen molar-refractivity contribution >= 4 is 44.5 Å². The molecule has 0 amide bonds. The number of nitrogens with one attached hydrogen (secondary N) is 3. The van der Waals surface area contributed by atoms with Crippen LogP contribution in [0.15, 0.2) is 110 Å². The molecule has 1 aromatic carbocycles. The third kappa shape index (κ3) is 4.79. The Bertz CT molecular complexity index is 1930. The zero-order chi connectivity index (χ0) is 27.6. The first kappa shape index (κ1) is 25.3. The Balaban J connectivity index is 1.36. The van der Waals surface area contributed by atoms with Crippen molar-refractivity contribution in [2.45, 2.75) is 13.8 Å². The third-order valence-electron chi connectivity index (χ3n) is 6.82. The van der Waals surface area contributed by atoms with Crippen LogP contribution in [0.5, 0.6) is 0 Å². The van der Waals surface area contributed by atoms with Crippen LogP contribution in [0, 0.1) is 6.92 Å². The lowest BCUT2D eigenvalue weighted by atomic mass is 10.0. The van der Waals surface area contributed by atoms with E-state index in [1.165, 1.54) is 9.75 Å². The minimum absolute atomic E-state index is 0.656. The van der Waals surface area contributed by atoms with E-state index in [1.54, 1.807) is 17.4 Å². The quantitative estimate of drug-likeness (QED) is 0.170. The Kier molecular flexibility index (Phi) is 6.72. The summed E-state index contributed by atoms with van der Waals surface area (Å²) in [4.78, 5) is 15.1. The van der Waals surface area contributed by atoms with Crippen molar-refractivity contribution in [3.8, 4) is 21.8 Å². The van der Waals surface area contributed by atoms with Crippen LogP contribution in [-0.4, -0.2) is 25.1 Å². The lowest BCUT2D eigenvalue weighted by Gasteiger charge is -2.12. The molecule has 0 aliphatic heterocycles. The van der Waals surface area contributed by atoms with Gasteiger partial charge in [0.2, 0.25) is 0 Å². The average Bonchev–Trinajstić information content (AvgIpc) is 3.72. The molecule has 3 N–H and O–H groups in total. The van der Waals surface area contributed by atoms with Crippen molar-refractivity contribution in [2.24, 2.45) is 0 Å². The lowest BCUT2D eigenvalue weighted by molar-refractivity contribution is 1.10. The lowest BCUT2D eigenvalue weighted by Crippen LogP contribution is -2.09. The van der Waals surface area contributed by atoms with Crippen LogP contribution in [0.3, 0.4) is 0 Å². The number of aromatic nitrogens is 5. The highest BCUT2D eigenvalue weighted by Gasteiger charge is 2.16. The van der Waals surface area contributed by atoms with E-state index in [2.05, 4.69) is 80.9 Å². The van der Waals surface area contributed by atoms with E-state index in [1.807, 2.05) is 61.9 Å². The van der Waals surface area contributed by atoms with Gasteiger partial charge in [-0.05, 0) is 61.4 Å². The van der Waals surface area contributed by atoms with E-state index >= 15 is 0 Å². The van der Waals surface area contributed by atoms with E-state index < -0.39 is 0 Å². The number of rotatable bonds is 8. The molecule has 40 heavy (non-hydrogen) atoms. The number of hydrogen-bond acceptors (Lipinski definition) is 5. The first-order valence-electron chi connectivity index (χ1n) is 12.9. The highest BCUT2D eigenvalue weighted by molar-refractivity contribution is 7.15. The van der Waals surface area contributed by atoms with E-state index in [0.717, 1.165) is 61.3 Å². The van der Waals surface area contributed by atoms with Gasteiger partial charge in [0.25, 0.3) is 0 Å². The molecule has 7 heteroatoms. The first-order valence-corrected chi connectivity index (χ1v) is 13.8. The van der Waals surface area contributed by atoms with Crippen molar-refractivity contribution in [2.75, 3.05) is 0 Å². The van der Waals surface area contributed by atoms with Crippen molar-refractivity contribution in [3.63, 3.8) is 0 Å². The molecule has 0 spiro atoms. The molecule has 5 aromatic heterocycles. The summed E-state index contributed by atoms with van der Waals surface area (Å²) in [5.41, 5.74) is 9.20. The van der Waals surface area contributed by atoms with E-state index in [0.29, 0.717) is 5.65 Å². The molecule has 0 atom stereocenters. The fourth-order valence-electron chi connectivity index (χ4n) is 4.76. The van der Waals surface area contributed by atoms with Crippen LogP contribution >= 0.6 is 11.3 Å². The Hall–Kier alpha value is -5.01. The first-order chi connectivity index (χ1) is 19.5. The fraction of sp³-hybridized carbons (Fsp3) is 0.0606. The monoisotopic (exact) mass is 540 g/mol. The molecule has 0 bridgehead atoms. The molecule has 6 aromatic rings. The molecule has 196 valence electrons. The number of fused-ring (bicyclic) bond motifs is 2. The van der Waals surface area contributed by atoms with Crippen LogP contribution in [0.1, 0.15) is 22.9 Å². The van der Waals surface area contributed by atoms with Gasteiger partial charge in [0.1, 0.15) is 0 Å². The van der Waals surface area contributed by atoms with Gasteiger partial charge in [0.15, 0.2) is 5.65 Å². The normalized spacial score (nSPS) is 12.2. The zero-order valence-electron chi connectivity index (χ0n) is 22.3. The molecule has 0 unspecified atom stereocenters. The van der Waals surface area contributed by atoms with Crippen LogP contribution in [0.25, 0.3) is 55.0 Å². The van der Waals surface area contributed by atoms with Crippen LogP contribution < -0.4 is 5.32 Å². The molecular weight excluding hydrogens is 512 g/mol. The topological polar surface area (TPSA) is 82.3 Å². The van der Waals surface area contributed by atoms with Gasteiger partial charge in [-0.25, -0.2) is 4.98 Å².